The molecule has 4 heteroatoms. The van der Waals surface area contributed by atoms with Gasteiger partial charge in [-0.1, -0.05) is 0 Å². The molecule has 0 bridgehead atoms. The van der Waals surface area contributed by atoms with Crippen molar-refractivity contribution in [1.82, 2.24) is 5.32 Å². The smallest absolute Gasteiger partial charge is 0.102 e. The van der Waals surface area contributed by atoms with Crippen LogP contribution in [0.3, 0.4) is 0 Å². The first-order chi connectivity index (χ1) is 7.18. The van der Waals surface area contributed by atoms with E-state index in [1.54, 1.807) is 0 Å². The minimum Gasteiger partial charge on any atom is -0.386 e. The molecule has 0 aromatic carbocycles. The summed E-state index contributed by atoms with van der Waals surface area (Å²) in [5.41, 5.74) is 5.22. The van der Waals surface area contributed by atoms with E-state index in [2.05, 4.69) is 5.32 Å². The van der Waals surface area contributed by atoms with Gasteiger partial charge in [0.2, 0.25) is 0 Å². The average Bonchev–Trinajstić information content (AvgIpc) is 2.65. The van der Waals surface area contributed by atoms with E-state index >= 15 is 0 Å². The lowest BCUT2D eigenvalue weighted by Crippen LogP contribution is -2.46. The molecular weight excluding hydrogens is 192 g/mol. The summed E-state index contributed by atoms with van der Waals surface area (Å²) < 4.78 is 5.21. The van der Waals surface area contributed by atoms with Gasteiger partial charge < -0.3 is 20.9 Å². The van der Waals surface area contributed by atoms with Crippen LogP contribution in [0.25, 0.3) is 0 Å². The molecule has 1 saturated heterocycles. The summed E-state index contributed by atoms with van der Waals surface area (Å²) in [4.78, 5) is 0. The van der Waals surface area contributed by atoms with E-state index in [0.717, 1.165) is 32.1 Å². The predicted molar refractivity (Wildman–Crippen MR) is 58.6 cm³/mol. The lowest BCUT2D eigenvalue weighted by Gasteiger charge is -2.30. The highest BCUT2D eigenvalue weighted by molar-refractivity contribution is 4.87. The van der Waals surface area contributed by atoms with Gasteiger partial charge in [-0.2, -0.15) is 0 Å². The number of ether oxygens (including phenoxy) is 1. The topological polar surface area (TPSA) is 67.5 Å². The normalized spacial score (nSPS) is 42.0. The van der Waals surface area contributed by atoms with Gasteiger partial charge >= 0.3 is 0 Å². The number of rotatable bonds is 3. The summed E-state index contributed by atoms with van der Waals surface area (Å²) in [6.45, 7) is 1.83. The summed E-state index contributed by atoms with van der Waals surface area (Å²) in [5, 5.41) is 13.5. The molecule has 0 amide bonds. The van der Waals surface area contributed by atoms with Crippen molar-refractivity contribution in [2.75, 3.05) is 19.8 Å². The number of hydrogen-bond donors (Lipinski definition) is 3. The van der Waals surface area contributed by atoms with Crippen LogP contribution in [0.2, 0.25) is 0 Å². The van der Waals surface area contributed by atoms with Crippen molar-refractivity contribution in [2.45, 2.75) is 49.8 Å². The number of aliphatic hydroxyl groups is 1. The summed E-state index contributed by atoms with van der Waals surface area (Å²) in [6, 6.07) is 0.926. The van der Waals surface area contributed by atoms with E-state index in [0.29, 0.717) is 31.8 Å². The highest BCUT2D eigenvalue weighted by atomic mass is 16.5. The number of nitrogens with one attached hydrogen (secondary N) is 1. The molecule has 2 fully saturated rings. The fourth-order valence-electron chi connectivity index (χ4n) is 2.39. The van der Waals surface area contributed by atoms with Crippen LogP contribution in [0.5, 0.6) is 0 Å². The van der Waals surface area contributed by atoms with Crippen LogP contribution in [0, 0.1) is 0 Å². The Morgan fingerprint density at radius 1 is 1.33 bits per heavy atom. The van der Waals surface area contributed by atoms with Gasteiger partial charge in [-0.25, -0.2) is 0 Å². The zero-order valence-electron chi connectivity index (χ0n) is 9.24. The zero-order chi connectivity index (χ0) is 10.7. The minimum absolute atomic E-state index is 0.390. The Morgan fingerprint density at radius 3 is 2.67 bits per heavy atom. The molecule has 88 valence electrons. The minimum atomic E-state index is -0.625. The maximum atomic E-state index is 10.1. The van der Waals surface area contributed by atoms with Crippen LogP contribution >= 0.6 is 0 Å². The molecule has 1 heterocycles. The Labute approximate surface area is 91.2 Å². The predicted octanol–water partition coefficient (Wildman–Crippen LogP) is -0.00270. The lowest BCUT2D eigenvalue weighted by molar-refractivity contribution is 0.0236. The highest BCUT2D eigenvalue weighted by Crippen LogP contribution is 2.20. The average molecular weight is 214 g/mol. The van der Waals surface area contributed by atoms with Gasteiger partial charge in [0.25, 0.3) is 0 Å². The van der Waals surface area contributed by atoms with Crippen LogP contribution in [-0.2, 0) is 4.74 Å². The molecule has 0 spiro atoms. The Bertz CT molecular complexity index is 197. The van der Waals surface area contributed by atoms with Crippen molar-refractivity contribution in [3.63, 3.8) is 0 Å². The van der Waals surface area contributed by atoms with Crippen molar-refractivity contribution in [1.29, 1.82) is 0 Å². The first-order valence-electron chi connectivity index (χ1n) is 5.97. The monoisotopic (exact) mass is 214 g/mol. The van der Waals surface area contributed by atoms with Gasteiger partial charge in [0.15, 0.2) is 0 Å². The van der Waals surface area contributed by atoms with Crippen molar-refractivity contribution >= 4 is 0 Å². The molecule has 1 aliphatic carbocycles. The third-order valence-electron chi connectivity index (χ3n) is 3.57. The number of hydrogen-bond acceptors (Lipinski definition) is 4. The molecular formula is C11H22N2O2. The molecule has 0 radical (unpaired) electrons. The third-order valence-corrected chi connectivity index (χ3v) is 3.57. The third kappa shape index (κ3) is 3.14. The molecule has 2 aliphatic rings. The van der Waals surface area contributed by atoms with Crippen LogP contribution < -0.4 is 11.1 Å². The van der Waals surface area contributed by atoms with Crippen molar-refractivity contribution in [3.8, 4) is 0 Å². The zero-order valence-corrected chi connectivity index (χ0v) is 9.24. The van der Waals surface area contributed by atoms with E-state index in [1.165, 1.54) is 0 Å². The Hall–Kier alpha value is -0.160. The molecule has 1 aliphatic heterocycles. The second kappa shape index (κ2) is 4.78. The van der Waals surface area contributed by atoms with E-state index in [-0.39, 0.29) is 0 Å². The van der Waals surface area contributed by atoms with Gasteiger partial charge in [0.05, 0.1) is 6.61 Å². The second-order valence-corrected chi connectivity index (χ2v) is 5.02. The molecule has 15 heavy (non-hydrogen) atoms. The number of nitrogens with two attached hydrogens (primary N) is 1. The van der Waals surface area contributed by atoms with Gasteiger partial charge in [-0.15, -0.1) is 0 Å². The summed E-state index contributed by atoms with van der Waals surface area (Å²) in [7, 11) is 0. The maximum absolute atomic E-state index is 10.1. The molecule has 4 nitrogen and oxygen atoms in total. The molecule has 1 atom stereocenters. The standard InChI is InChI=1S/C11H22N2O2/c12-9-1-3-10(4-2-9)13-7-11(14)5-6-15-8-11/h9-10,13-14H,1-8,12H2. The molecule has 1 unspecified atom stereocenters. The molecule has 0 aromatic heterocycles. The van der Waals surface area contributed by atoms with Gasteiger partial charge in [0, 0.05) is 31.7 Å². The Kier molecular flexibility index (Phi) is 3.61. The quantitative estimate of drug-likeness (QED) is 0.618. The first kappa shape index (κ1) is 11.3. The largest absolute Gasteiger partial charge is 0.386 e. The summed E-state index contributed by atoms with van der Waals surface area (Å²) in [6.07, 6.45) is 5.24. The first-order valence-corrected chi connectivity index (χ1v) is 5.97. The van der Waals surface area contributed by atoms with Gasteiger partial charge in [-0.3, -0.25) is 0 Å². The van der Waals surface area contributed by atoms with Crippen molar-refractivity contribution in [2.24, 2.45) is 5.73 Å². The van der Waals surface area contributed by atoms with Crippen LogP contribution in [0.4, 0.5) is 0 Å². The van der Waals surface area contributed by atoms with Crippen LogP contribution in [0.15, 0.2) is 0 Å². The fourth-order valence-corrected chi connectivity index (χ4v) is 2.39. The lowest BCUT2D eigenvalue weighted by atomic mass is 9.91. The van der Waals surface area contributed by atoms with E-state index in [4.69, 9.17) is 10.5 Å². The SMILES string of the molecule is NC1CCC(NCC2(O)CCOC2)CC1. The Morgan fingerprint density at radius 2 is 2.07 bits per heavy atom. The van der Waals surface area contributed by atoms with Gasteiger partial charge in [0.1, 0.15) is 5.60 Å². The van der Waals surface area contributed by atoms with E-state index in [1.807, 2.05) is 0 Å². The van der Waals surface area contributed by atoms with Gasteiger partial charge in [-0.05, 0) is 25.7 Å². The van der Waals surface area contributed by atoms with Crippen LogP contribution in [-0.4, -0.2) is 42.5 Å². The van der Waals surface area contributed by atoms with E-state index in [9.17, 15) is 5.11 Å². The summed E-state index contributed by atoms with van der Waals surface area (Å²) >= 11 is 0. The maximum Gasteiger partial charge on any atom is 0.102 e. The fraction of sp³-hybridized carbons (Fsp3) is 1.00. The summed E-state index contributed by atoms with van der Waals surface area (Å²) in [5.74, 6) is 0. The molecule has 0 aromatic rings. The highest BCUT2D eigenvalue weighted by Gasteiger charge is 2.32. The van der Waals surface area contributed by atoms with Crippen LogP contribution in [0.1, 0.15) is 32.1 Å². The van der Waals surface area contributed by atoms with Crippen molar-refractivity contribution in [3.05, 3.63) is 0 Å². The second-order valence-electron chi connectivity index (χ2n) is 5.02. The molecule has 1 saturated carbocycles. The van der Waals surface area contributed by atoms with Crippen molar-refractivity contribution < 1.29 is 9.84 Å². The molecule has 2 rings (SSSR count). The van der Waals surface area contributed by atoms with E-state index < -0.39 is 5.60 Å². The Balaban J connectivity index is 1.69. The molecule has 4 N–H and O–H groups in total.